The second-order valence-electron chi connectivity index (χ2n) is 3.94. The number of thioether (sulfide) groups is 1. The van der Waals surface area contributed by atoms with Gasteiger partial charge in [0.05, 0.1) is 5.60 Å². The lowest BCUT2D eigenvalue weighted by atomic mass is 9.81. The van der Waals surface area contributed by atoms with E-state index in [1.54, 1.807) is 0 Å². The molecule has 0 amide bonds. The molecule has 3 unspecified atom stereocenters. The van der Waals surface area contributed by atoms with Crippen LogP contribution in [0.2, 0.25) is 0 Å². The lowest BCUT2D eigenvalue weighted by Gasteiger charge is -2.33. The normalized spacial score (nSPS) is 38.5. The Morgan fingerprint density at radius 3 is 2.75 bits per heavy atom. The van der Waals surface area contributed by atoms with Crippen LogP contribution in [0.3, 0.4) is 0 Å². The van der Waals surface area contributed by atoms with Gasteiger partial charge >= 0.3 is 0 Å². The Morgan fingerprint density at radius 1 is 1.67 bits per heavy atom. The maximum atomic E-state index is 10.3. The Labute approximate surface area is 79.9 Å². The lowest BCUT2D eigenvalue weighted by Crippen LogP contribution is -2.41. The van der Waals surface area contributed by atoms with Gasteiger partial charge in [-0.2, -0.15) is 11.8 Å². The Bertz CT molecular complexity index is 149. The molecule has 3 atom stereocenters. The number of aliphatic hydroxyl groups is 1. The first-order valence-corrected chi connectivity index (χ1v) is 6.00. The average Bonchev–Trinajstić information content (AvgIpc) is 2.34. The van der Waals surface area contributed by atoms with E-state index in [9.17, 15) is 5.11 Å². The molecule has 2 heteroatoms. The van der Waals surface area contributed by atoms with Crippen molar-refractivity contribution in [3.63, 3.8) is 0 Å². The molecular weight excluding hydrogens is 168 g/mol. The van der Waals surface area contributed by atoms with E-state index in [1.807, 2.05) is 11.8 Å². The van der Waals surface area contributed by atoms with Gasteiger partial charge in [0.25, 0.3) is 0 Å². The Kier molecular flexibility index (Phi) is 3.47. The van der Waals surface area contributed by atoms with Crippen LogP contribution in [0.5, 0.6) is 0 Å². The van der Waals surface area contributed by atoms with E-state index < -0.39 is 0 Å². The van der Waals surface area contributed by atoms with E-state index in [2.05, 4.69) is 20.8 Å². The van der Waals surface area contributed by atoms with E-state index >= 15 is 0 Å². The van der Waals surface area contributed by atoms with Crippen LogP contribution >= 0.6 is 11.8 Å². The van der Waals surface area contributed by atoms with Crippen molar-refractivity contribution in [3.05, 3.63) is 0 Å². The Balaban J connectivity index is 2.56. The second kappa shape index (κ2) is 4.01. The molecule has 0 aromatic rings. The molecule has 1 heterocycles. The van der Waals surface area contributed by atoms with E-state index in [1.165, 1.54) is 6.42 Å². The zero-order valence-electron chi connectivity index (χ0n) is 8.34. The molecule has 0 saturated carbocycles. The van der Waals surface area contributed by atoms with Crippen LogP contribution in [0.15, 0.2) is 0 Å². The van der Waals surface area contributed by atoms with Crippen molar-refractivity contribution in [1.29, 1.82) is 0 Å². The van der Waals surface area contributed by atoms with Gasteiger partial charge in [-0.15, -0.1) is 0 Å². The SMILES string of the molecule is CCCC(C)C1(O)CCSC1C. The highest BCUT2D eigenvalue weighted by Gasteiger charge is 2.42. The Hall–Kier alpha value is 0.310. The van der Waals surface area contributed by atoms with Crippen molar-refractivity contribution in [1.82, 2.24) is 0 Å². The van der Waals surface area contributed by atoms with Crippen molar-refractivity contribution in [3.8, 4) is 0 Å². The quantitative estimate of drug-likeness (QED) is 0.735. The summed E-state index contributed by atoms with van der Waals surface area (Å²) in [6.45, 7) is 6.53. The van der Waals surface area contributed by atoms with Crippen molar-refractivity contribution < 1.29 is 5.11 Å². The van der Waals surface area contributed by atoms with Gasteiger partial charge < -0.3 is 5.11 Å². The zero-order valence-corrected chi connectivity index (χ0v) is 9.16. The van der Waals surface area contributed by atoms with Gasteiger partial charge in [0.1, 0.15) is 0 Å². The van der Waals surface area contributed by atoms with E-state index in [0.717, 1.165) is 18.6 Å². The predicted molar refractivity (Wildman–Crippen MR) is 55.6 cm³/mol. The van der Waals surface area contributed by atoms with Crippen molar-refractivity contribution in [2.45, 2.75) is 50.9 Å². The molecule has 1 rings (SSSR count). The second-order valence-corrected chi connectivity index (χ2v) is 5.39. The molecule has 1 N–H and O–H groups in total. The summed E-state index contributed by atoms with van der Waals surface area (Å²) in [5.74, 6) is 1.60. The molecule has 0 aromatic carbocycles. The average molecular weight is 188 g/mol. The monoisotopic (exact) mass is 188 g/mol. The van der Waals surface area contributed by atoms with Gasteiger partial charge in [-0.25, -0.2) is 0 Å². The molecule has 12 heavy (non-hydrogen) atoms. The highest BCUT2D eigenvalue weighted by Crippen LogP contribution is 2.41. The first-order valence-electron chi connectivity index (χ1n) is 4.95. The van der Waals surface area contributed by atoms with Crippen LogP contribution in [-0.2, 0) is 0 Å². The summed E-state index contributed by atoms with van der Waals surface area (Å²) in [6, 6.07) is 0. The first kappa shape index (κ1) is 10.4. The molecule has 0 aliphatic carbocycles. The maximum Gasteiger partial charge on any atom is 0.0796 e. The zero-order chi connectivity index (χ0) is 9.19. The number of hydrogen-bond acceptors (Lipinski definition) is 2. The summed E-state index contributed by atoms with van der Waals surface area (Å²) in [7, 11) is 0. The van der Waals surface area contributed by atoms with Gasteiger partial charge in [-0.3, -0.25) is 0 Å². The van der Waals surface area contributed by atoms with E-state index in [-0.39, 0.29) is 5.60 Å². The van der Waals surface area contributed by atoms with Crippen LogP contribution < -0.4 is 0 Å². The first-order chi connectivity index (χ1) is 5.61. The molecule has 1 aliphatic rings. The molecule has 0 aromatic heterocycles. The smallest absolute Gasteiger partial charge is 0.0796 e. The summed E-state index contributed by atoms with van der Waals surface area (Å²) < 4.78 is 0. The van der Waals surface area contributed by atoms with Crippen LogP contribution in [0.25, 0.3) is 0 Å². The minimum absolute atomic E-state index is 0.374. The molecule has 0 bridgehead atoms. The van der Waals surface area contributed by atoms with Gasteiger partial charge in [0.2, 0.25) is 0 Å². The summed E-state index contributed by atoms with van der Waals surface area (Å²) >= 11 is 1.91. The fourth-order valence-corrected chi connectivity index (χ4v) is 3.51. The molecule has 72 valence electrons. The van der Waals surface area contributed by atoms with Crippen molar-refractivity contribution >= 4 is 11.8 Å². The molecule has 1 fully saturated rings. The summed E-state index contributed by atoms with van der Waals surface area (Å²) in [5, 5.41) is 10.8. The minimum Gasteiger partial charge on any atom is -0.388 e. The third kappa shape index (κ3) is 1.80. The van der Waals surface area contributed by atoms with Crippen LogP contribution in [0.4, 0.5) is 0 Å². The molecule has 0 radical (unpaired) electrons. The molecule has 1 saturated heterocycles. The number of rotatable bonds is 3. The fourth-order valence-electron chi connectivity index (χ4n) is 2.08. The highest BCUT2D eigenvalue weighted by molar-refractivity contribution is 8.00. The molecular formula is C10H20OS. The van der Waals surface area contributed by atoms with Gasteiger partial charge in [-0.1, -0.05) is 27.2 Å². The highest BCUT2D eigenvalue weighted by atomic mass is 32.2. The standard InChI is InChI=1S/C10H20OS/c1-4-5-8(2)10(11)6-7-12-9(10)3/h8-9,11H,4-7H2,1-3H3. The fraction of sp³-hybridized carbons (Fsp3) is 1.00. The topological polar surface area (TPSA) is 20.2 Å². The lowest BCUT2D eigenvalue weighted by molar-refractivity contribution is -0.00974. The minimum atomic E-state index is -0.374. The van der Waals surface area contributed by atoms with E-state index in [0.29, 0.717) is 11.2 Å². The third-order valence-electron chi connectivity index (χ3n) is 3.15. The Morgan fingerprint density at radius 2 is 2.33 bits per heavy atom. The van der Waals surface area contributed by atoms with Crippen molar-refractivity contribution in [2.75, 3.05) is 5.75 Å². The van der Waals surface area contributed by atoms with Gasteiger partial charge in [0, 0.05) is 5.25 Å². The summed E-state index contributed by atoms with van der Waals surface area (Å²) in [4.78, 5) is 0. The van der Waals surface area contributed by atoms with Crippen LogP contribution in [-0.4, -0.2) is 21.7 Å². The maximum absolute atomic E-state index is 10.3. The summed E-state index contributed by atoms with van der Waals surface area (Å²) in [5.41, 5.74) is -0.374. The number of hydrogen-bond donors (Lipinski definition) is 1. The molecule has 1 aliphatic heterocycles. The van der Waals surface area contributed by atoms with E-state index in [4.69, 9.17) is 0 Å². The molecule has 0 spiro atoms. The third-order valence-corrected chi connectivity index (χ3v) is 4.50. The largest absolute Gasteiger partial charge is 0.388 e. The van der Waals surface area contributed by atoms with Gasteiger partial charge in [0.15, 0.2) is 0 Å². The van der Waals surface area contributed by atoms with Crippen LogP contribution in [0, 0.1) is 5.92 Å². The molecule has 1 nitrogen and oxygen atoms in total. The van der Waals surface area contributed by atoms with Gasteiger partial charge in [-0.05, 0) is 24.5 Å². The van der Waals surface area contributed by atoms with Crippen LogP contribution in [0.1, 0.15) is 40.0 Å². The summed E-state index contributed by atoms with van der Waals surface area (Å²) in [6.07, 6.45) is 3.32. The van der Waals surface area contributed by atoms with Crippen molar-refractivity contribution in [2.24, 2.45) is 5.92 Å². The predicted octanol–water partition coefficient (Wildman–Crippen LogP) is 2.68.